The summed E-state index contributed by atoms with van der Waals surface area (Å²) in [5, 5.41) is 7.52. The molecule has 0 amide bonds. The molecule has 0 aliphatic rings. The number of rotatable bonds is 2. The van der Waals surface area contributed by atoms with Crippen molar-refractivity contribution in [2.24, 2.45) is 0 Å². The molecule has 0 aliphatic carbocycles. The Hall–Kier alpha value is -0.640. The van der Waals surface area contributed by atoms with Crippen molar-refractivity contribution in [3.8, 4) is 0 Å². The molecule has 30 valence electrons. The maximum absolute atomic E-state index is 8.65. The van der Waals surface area contributed by atoms with E-state index in [2.05, 4.69) is 9.63 Å². The molecule has 0 aromatic heterocycles. The number of aliphatic hydroxyl groups is 1. The standard InChI is InChI=1S/CH3O4/c2-1-4-5-3/h2H,1H2/q+1. The summed E-state index contributed by atoms with van der Waals surface area (Å²) in [4.78, 5) is 12.0. The van der Waals surface area contributed by atoms with E-state index in [9.17, 15) is 0 Å². The van der Waals surface area contributed by atoms with E-state index < -0.39 is 6.79 Å². The summed E-state index contributed by atoms with van der Waals surface area (Å²) in [5.74, 6) is 0. The Morgan fingerprint density at radius 2 is 2.60 bits per heavy atom. The Balaban J connectivity index is 2.40. The van der Waals surface area contributed by atoms with Gasteiger partial charge in [-0.25, -0.2) is 0 Å². The first-order valence-corrected chi connectivity index (χ1v) is 0.938. The monoisotopic (exact) mass is 79.0 g/mol. The Morgan fingerprint density at radius 1 is 2.00 bits per heavy atom. The first-order valence-electron chi connectivity index (χ1n) is 0.938. The lowest BCUT2D eigenvalue weighted by Gasteiger charge is -1.58. The molecule has 5 heavy (non-hydrogen) atoms. The van der Waals surface area contributed by atoms with Crippen LogP contribution in [0.4, 0.5) is 0 Å². The Morgan fingerprint density at radius 3 is 2.60 bits per heavy atom. The average Bonchev–Trinajstić information content (AvgIpc) is 1.41. The van der Waals surface area contributed by atoms with Gasteiger partial charge >= 0.3 is 4.75 Å². The van der Waals surface area contributed by atoms with Gasteiger partial charge in [-0.05, 0) is 4.89 Å². The van der Waals surface area contributed by atoms with E-state index in [4.69, 9.17) is 10.1 Å². The molecule has 0 aromatic rings. The van der Waals surface area contributed by atoms with Crippen LogP contribution in [0.15, 0.2) is 0 Å². The van der Waals surface area contributed by atoms with Crippen molar-refractivity contribution in [3.63, 3.8) is 0 Å². The van der Waals surface area contributed by atoms with Crippen molar-refractivity contribution in [1.82, 2.24) is 0 Å². The van der Waals surface area contributed by atoms with Crippen LogP contribution in [0.3, 0.4) is 0 Å². The van der Waals surface area contributed by atoms with Crippen molar-refractivity contribution in [2.75, 3.05) is 6.79 Å². The summed E-state index contributed by atoms with van der Waals surface area (Å²) >= 11 is 0. The molecule has 0 aromatic carbocycles. The molecule has 0 bridgehead atoms. The van der Waals surface area contributed by atoms with Crippen LogP contribution in [0.1, 0.15) is 0 Å². The van der Waals surface area contributed by atoms with E-state index in [1.54, 1.807) is 0 Å². The molecule has 0 saturated heterocycles. The Kier molecular flexibility index (Phi) is 2.93. The third-order valence-corrected chi connectivity index (χ3v) is 0.101. The van der Waals surface area contributed by atoms with E-state index in [0.29, 0.717) is 0 Å². The number of aliphatic hydroxyl groups excluding tert-OH is 1. The maximum Gasteiger partial charge on any atom is 0.379 e. The maximum atomic E-state index is 8.65. The highest BCUT2D eigenvalue weighted by molar-refractivity contribution is 4.31. The molecular weight excluding hydrogens is 76.0 g/mol. The van der Waals surface area contributed by atoms with Gasteiger partial charge in [0, 0.05) is 0 Å². The van der Waals surface area contributed by atoms with Crippen molar-refractivity contribution in [1.29, 1.82) is 0 Å². The van der Waals surface area contributed by atoms with Crippen molar-refractivity contribution in [2.45, 2.75) is 0 Å². The van der Waals surface area contributed by atoms with Gasteiger partial charge in [0.1, 0.15) is 0 Å². The van der Waals surface area contributed by atoms with Gasteiger partial charge < -0.3 is 5.11 Å². The summed E-state index contributed by atoms with van der Waals surface area (Å²) < 4.78 is 2.69. The van der Waals surface area contributed by atoms with Crippen LogP contribution in [0.5, 0.6) is 0 Å². The van der Waals surface area contributed by atoms with Crippen molar-refractivity contribution in [3.05, 3.63) is 9.71 Å². The third kappa shape index (κ3) is 3.36. The first kappa shape index (κ1) is 4.36. The van der Waals surface area contributed by atoms with Gasteiger partial charge in [0.25, 0.3) is 11.8 Å². The fourth-order valence-electron chi connectivity index (χ4n) is 0.0215. The molecule has 0 fully saturated rings. The molecule has 4 nitrogen and oxygen atoms in total. The van der Waals surface area contributed by atoms with E-state index in [0.717, 1.165) is 0 Å². The van der Waals surface area contributed by atoms with E-state index >= 15 is 0 Å². The lowest BCUT2D eigenvalue weighted by molar-refractivity contribution is 0.0549. The van der Waals surface area contributed by atoms with Gasteiger partial charge in [-0.3, -0.25) is 0 Å². The molecule has 0 aliphatic heterocycles. The predicted molar refractivity (Wildman–Crippen MR) is 14.9 cm³/mol. The topological polar surface area (TPSA) is 57.8 Å². The number of hydrogen-bond acceptors (Lipinski definition) is 3. The van der Waals surface area contributed by atoms with Gasteiger partial charge in [-0.15, -0.1) is 0 Å². The highest BCUT2D eigenvalue weighted by atomic mass is 17.3. The minimum absolute atomic E-state index is 0.691. The van der Waals surface area contributed by atoms with Crippen LogP contribution >= 0.6 is 0 Å². The van der Waals surface area contributed by atoms with Gasteiger partial charge in [-0.1, -0.05) is 0 Å². The smallest absolute Gasteiger partial charge is 0.354 e. The van der Waals surface area contributed by atoms with Crippen molar-refractivity contribution < 1.29 is 9.99 Å². The second-order valence-corrected chi connectivity index (χ2v) is 0.315. The first-order chi connectivity index (χ1) is 2.41. The highest BCUT2D eigenvalue weighted by Crippen LogP contribution is 1.57. The van der Waals surface area contributed by atoms with Crippen molar-refractivity contribution >= 4 is 0 Å². The molecule has 1 N–H and O–H groups in total. The SMILES string of the molecule is O=[O+]OCO. The normalized spacial score (nSPS) is 6.60. The fourth-order valence-corrected chi connectivity index (χ4v) is 0.0215. The fraction of sp³-hybridized carbons (Fsp3) is 1.00. The van der Waals surface area contributed by atoms with Gasteiger partial charge in [-0.2, -0.15) is 0 Å². The predicted octanol–water partition coefficient (Wildman–Crippen LogP) is -0.516. The summed E-state index contributed by atoms with van der Waals surface area (Å²) in [5.41, 5.74) is 0. The molecule has 0 rings (SSSR count). The minimum atomic E-state index is -0.691. The molecular formula is CH3O4+. The Labute approximate surface area is 27.8 Å². The van der Waals surface area contributed by atoms with E-state index in [1.165, 1.54) is 0 Å². The van der Waals surface area contributed by atoms with Crippen LogP contribution in [0.25, 0.3) is 0 Å². The molecule has 0 radical (unpaired) electrons. The average molecular weight is 79.0 g/mol. The van der Waals surface area contributed by atoms with E-state index in [1.807, 2.05) is 0 Å². The van der Waals surface area contributed by atoms with Crippen LogP contribution in [0.2, 0.25) is 0 Å². The zero-order valence-corrected chi connectivity index (χ0v) is 2.38. The zero-order chi connectivity index (χ0) is 4.12. The van der Waals surface area contributed by atoms with Crippen LogP contribution < -0.4 is 0 Å². The quantitative estimate of drug-likeness (QED) is 0.210. The van der Waals surface area contributed by atoms with Crippen LogP contribution in [-0.2, 0) is 4.89 Å². The third-order valence-electron chi connectivity index (χ3n) is 0.101. The van der Waals surface area contributed by atoms with Crippen LogP contribution in [0, 0.1) is 9.71 Å². The molecule has 0 heterocycles. The molecule has 0 saturated carbocycles. The summed E-state index contributed by atoms with van der Waals surface area (Å²) in [6.07, 6.45) is 0. The summed E-state index contributed by atoms with van der Waals surface area (Å²) in [6, 6.07) is 0. The highest BCUT2D eigenvalue weighted by Gasteiger charge is 1.81. The second-order valence-electron chi connectivity index (χ2n) is 0.315. The minimum Gasteiger partial charge on any atom is -0.354 e. The van der Waals surface area contributed by atoms with E-state index in [-0.39, 0.29) is 0 Å². The molecule has 4 heteroatoms. The van der Waals surface area contributed by atoms with Crippen LogP contribution in [-0.4, -0.2) is 11.9 Å². The zero-order valence-electron chi connectivity index (χ0n) is 2.38. The van der Waals surface area contributed by atoms with Gasteiger partial charge in [0.15, 0.2) is 0 Å². The Bertz CT molecular complexity index is 24.8. The summed E-state index contributed by atoms with van der Waals surface area (Å²) in [7, 11) is 0. The lowest BCUT2D eigenvalue weighted by atomic mass is 11.5. The molecule has 0 unspecified atom stereocenters. The second kappa shape index (κ2) is 3.36. The number of hydrogen-bond donors (Lipinski definition) is 1. The molecule has 0 spiro atoms. The van der Waals surface area contributed by atoms with Gasteiger partial charge in [0.05, 0.1) is 0 Å². The van der Waals surface area contributed by atoms with Gasteiger partial charge in [0.2, 0.25) is 0 Å². The summed E-state index contributed by atoms with van der Waals surface area (Å²) in [6.45, 7) is -0.691. The largest absolute Gasteiger partial charge is 0.379 e. The molecule has 0 atom stereocenters. The lowest BCUT2D eigenvalue weighted by Crippen LogP contribution is -1.79.